The molecule has 0 radical (unpaired) electrons. The Labute approximate surface area is 130 Å². The zero-order chi connectivity index (χ0) is 14.9. The molecule has 2 aromatic rings. The van der Waals surface area contributed by atoms with Crippen LogP contribution in [0.1, 0.15) is 11.1 Å². The maximum absolute atomic E-state index is 11.8. The fourth-order valence-electron chi connectivity index (χ4n) is 1.63. The van der Waals surface area contributed by atoms with Crippen LogP contribution in [0.3, 0.4) is 0 Å². The van der Waals surface area contributed by atoms with Crippen LogP contribution in [0.15, 0.2) is 71.5 Å². The summed E-state index contributed by atoms with van der Waals surface area (Å²) in [6.45, 7) is 0. The van der Waals surface area contributed by atoms with Crippen molar-refractivity contribution in [2.24, 2.45) is 0 Å². The number of rotatable bonds is 6. The number of benzene rings is 2. The second-order valence-electron chi connectivity index (χ2n) is 4.31. The SMILES string of the molecule is O=S(C=Cc1ccccc1)CS(=O)/C=C\c1ccccc1. The molecule has 0 N–H and O–H groups in total. The Morgan fingerprint density at radius 2 is 1.05 bits per heavy atom. The van der Waals surface area contributed by atoms with Gasteiger partial charge in [0.1, 0.15) is 5.08 Å². The van der Waals surface area contributed by atoms with Crippen LogP contribution in [0, 0.1) is 0 Å². The molecule has 2 unspecified atom stereocenters. The second-order valence-corrected chi connectivity index (χ2v) is 7.32. The average molecular weight is 316 g/mol. The van der Waals surface area contributed by atoms with E-state index < -0.39 is 21.6 Å². The van der Waals surface area contributed by atoms with E-state index in [4.69, 9.17) is 0 Å². The van der Waals surface area contributed by atoms with Gasteiger partial charge in [-0.2, -0.15) is 0 Å². The Hall–Kier alpha value is -1.78. The van der Waals surface area contributed by atoms with E-state index in [9.17, 15) is 8.42 Å². The molecule has 0 spiro atoms. The van der Waals surface area contributed by atoms with Gasteiger partial charge in [-0.3, -0.25) is 8.42 Å². The van der Waals surface area contributed by atoms with Gasteiger partial charge in [-0.1, -0.05) is 60.7 Å². The first-order chi connectivity index (χ1) is 10.2. The van der Waals surface area contributed by atoms with E-state index in [1.165, 1.54) is 0 Å². The molecular formula is C17H16O2S2. The molecule has 2 nitrogen and oxygen atoms in total. The van der Waals surface area contributed by atoms with Crippen molar-refractivity contribution in [3.8, 4) is 0 Å². The summed E-state index contributed by atoms with van der Waals surface area (Å²) < 4.78 is 23.7. The van der Waals surface area contributed by atoms with Gasteiger partial charge in [-0.05, 0) is 23.3 Å². The maximum Gasteiger partial charge on any atom is 0.107 e. The van der Waals surface area contributed by atoms with Crippen molar-refractivity contribution < 1.29 is 8.42 Å². The highest BCUT2D eigenvalue weighted by Gasteiger charge is 2.00. The summed E-state index contributed by atoms with van der Waals surface area (Å²) in [4.78, 5) is 0. The van der Waals surface area contributed by atoms with Gasteiger partial charge < -0.3 is 0 Å². The fraction of sp³-hybridized carbons (Fsp3) is 0.0588. The van der Waals surface area contributed by atoms with Crippen molar-refractivity contribution in [1.29, 1.82) is 0 Å². The Balaban J connectivity index is 1.87. The van der Waals surface area contributed by atoms with Crippen molar-refractivity contribution in [3.05, 3.63) is 82.6 Å². The summed E-state index contributed by atoms with van der Waals surface area (Å²) in [5.41, 5.74) is 1.97. The first-order valence-corrected chi connectivity index (χ1v) is 9.21. The summed E-state index contributed by atoms with van der Waals surface area (Å²) in [5, 5.41) is 3.29. The van der Waals surface area contributed by atoms with Crippen LogP contribution in [0.5, 0.6) is 0 Å². The zero-order valence-electron chi connectivity index (χ0n) is 11.4. The predicted molar refractivity (Wildman–Crippen MR) is 92.1 cm³/mol. The Morgan fingerprint density at radius 3 is 1.43 bits per heavy atom. The van der Waals surface area contributed by atoms with Crippen LogP contribution in [-0.4, -0.2) is 13.5 Å². The summed E-state index contributed by atoms with van der Waals surface area (Å²) in [7, 11) is -2.48. The summed E-state index contributed by atoms with van der Waals surface area (Å²) in [6.07, 6.45) is 3.57. The lowest BCUT2D eigenvalue weighted by Gasteiger charge is -1.95. The molecule has 0 saturated heterocycles. The minimum atomic E-state index is -1.24. The van der Waals surface area contributed by atoms with Gasteiger partial charge in [0.2, 0.25) is 0 Å². The molecule has 2 atom stereocenters. The standard InChI is InChI=1S/C17H16O2S2/c18-20(13-11-16-7-3-1-4-8-16)15-21(19)14-12-17-9-5-2-6-10-17/h1-14H,15H2/b13-11-,14-12?. The van der Waals surface area contributed by atoms with E-state index in [1.54, 1.807) is 23.0 Å². The summed E-state index contributed by atoms with van der Waals surface area (Å²) in [5.74, 6) is 0. The first kappa shape index (κ1) is 15.6. The lowest BCUT2D eigenvalue weighted by molar-refractivity contribution is 0.685. The van der Waals surface area contributed by atoms with Crippen LogP contribution in [-0.2, 0) is 21.6 Å². The third-order valence-corrected chi connectivity index (χ3v) is 5.39. The molecule has 2 aromatic carbocycles. The second kappa shape index (κ2) is 8.49. The van der Waals surface area contributed by atoms with Crippen LogP contribution in [0.4, 0.5) is 0 Å². The topological polar surface area (TPSA) is 34.1 Å². The average Bonchev–Trinajstić information content (AvgIpc) is 2.53. The van der Waals surface area contributed by atoms with Gasteiger partial charge in [0, 0.05) is 10.8 Å². The van der Waals surface area contributed by atoms with Crippen LogP contribution in [0.25, 0.3) is 12.2 Å². The monoisotopic (exact) mass is 316 g/mol. The normalized spacial score (nSPS) is 14.5. The van der Waals surface area contributed by atoms with Crippen molar-refractivity contribution in [1.82, 2.24) is 0 Å². The molecular weight excluding hydrogens is 300 g/mol. The highest BCUT2D eigenvalue weighted by atomic mass is 32.2. The van der Waals surface area contributed by atoms with E-state index >= 15 is 0 Å². The number of hydrogen-bond acceptors (Lipinski definition) is 2. The minimum Gasteiger partial charge on any atom is -0.254 e. The van der Waals surface area contributed by atoms with E-state index in [0.29, 0.717) is 0 Å². The molecule has 4 heteroatoms. The number of hydrogen-bond donors (Lipinski definition) is 0. The van der Waals surface area contributed by atoms with Crippen LogP contribution in [0.2, 0.25) is 0 Å². The maximum atomic E-state index is 11.8. The quantitative estimate of drug-likeness (QED) is 0.812. The van der Waals surface area contributed by atoms with Gasteiger partial charge in [-0.15, -0.1) is 0 Å². The van der Waals surface area contributed by atoms with Crippen molar-refractivity contribution in [3.63, 3.8) is 0 Å². The van der Waals surface area contributed by atoms with E-state index in [0.717, 1.165) is 11.1 Å². The zero-order valence-corrected chi connectivity index (χ0v) is 13.1. The lowest BCUT2D eigenvalue weighted by Crippen LogP contribution is -1.98. The molecule has 0 fully saturated rings. The predicted octanol–water partition coefficient (Wildman–Crippen LogP) is 3.78. The molecule has 0 aliphatic carbocycles. The Bertz CT molecular complexity index is 602. The van der Waals surface area contributed by atoms with Gasteiger partial charge in [0.15, 0.2) is 0 Å². The lowest BCUT2D eigenvalue weighted by atomic mass is 10.2. The molecule has 0 amide bonds. The fourth-order valence-corrected chi connectivity index (χ4v) is 3.79. The first-order valence-electron chi connectivity index (χ1n) is 6.45. The van der Waals surface area contributed by atoms with Crippen molar-refractivity contribution in [2.45, 2.75) is 0 Å². The minimum absolute atomic E-state index is 0.118. The van der Waals surface area contributed by atoms with Crippen molar-refractivity contribution in [2.75, 3.05) is 5.08 Å². The molecule has 21 heavy (non-hydrogen) atoms. The van der Waals surface area contributed by atoms with E-state index in [2.05, 4.69) is 0 Å². The highest BCUT2D eigenvalue weighted by molar-refractivity contribution is 8.04. The summed E-state index contributed by atoms with van der Waals surface area (Å²) >= 11 is 0. The molecule has 0 saturated carbocycles. The summed E-state index contributed by atoms with van der Waals surface area (Å²) in [6, 6.07) is 19.3. The smallest absolute Gasteiger partial charge is 0.107 e. The molecule has 0 aromatic heterocycles. The van der Waals surface area contributed by atoms with E-state index in [-0.39, 0.29) is 5.08 Å². The Kier molecular flexibility index (Phi) is 6.31. The van der Waals surface area contributed by atoms with Gasteiger partial charge >= 0.3 is 0 Å². The molecule has 0 aliphatic heterocycles. The van der Waals surface area contributed by atoms with Gasteiger partial charge in [-0.25, -0.2) is 0 Å². The van der Waals surface area contributed by atoms with Gasteiger partial charge in [0.05, 0.1) is 21.6 Å². The molecule has 108 valence electrons. The third kappa shape index (κ3) is 6.02. The molecule has 0 bridgehead atoms. The highest BCUT2D eigenvalue weighted by Crippen LogP contribution is 2.05. The Morgan fingerprint density at radius 1 is 0.667 bits per heavy atom. The molecule has 0 aliphatic rings. The van der Waals surface area contributed by atoms with Crippen LogP contribution < -0.4 is 0 Å². The van der Waals surface area contributed by atoms with Crippen molar-refractivity contribution >= 4 is 33.8 Å². The molecule has 2 rings (SSSR count). The van der Waals surface area contributed by atoms with E-state index in [1.807, 2.05) is 60.7 Å². The van der Waals surface area contributed by atoms with Crippen LogP contribution >= 0.6 is 0 Å². The largest absolute Gasteiger partial charge is 0.254 e. The molecule has 0 heterocycles. The third-order valence-electron chi connectivity index (χ3n) is 2.66. The van der Waals surface area contributed by atoms with Gasteiger partial charge in [0.25, 0.3) is 0 Å².